The van der Waals surface area contributed by atoms with Gasteiger partial charge in [-0.1, -0.05) is 26.8 Å². The summed E-state index contributed by atoms with van der Waals surface area (Å²) in [6.45, 7) is 8.16. The number of pyridine rings is 1. The van der Waals surface area contributed by atoms with Gasteiger partial charge in [-0.25, -0.2) is 9.55 Å². The molecular formula is C29H37IN7O9P. The number of imidazole rings is 1. The van der Waals surface area contributed by atoms with Crippen molar-refractivity contribution < 1.29 is 42.8 Å². The third-order valence-electron chi connectivity index (χ3n) is 7.23. The monoisotopic (exact) mass is 785 g/mol. The molecule has 1 aliphatic rings. The standard InChI is InChI=1S/C29H37IN7O9P/c1-15(24(39)43-14-28(2,3)4)36-47(41,46-17-9-10-18-16(12-17)8-7-11-32-18)44-13-19-21(38)29(5,40)25(45-19)37-22-20(33-26(37)30)23(42-6)35-27(31)34-22/h7-12,15,19,21,25,38,40H,13-14H2,1-6H3,(H,36,41)(H2,31,34,35)/t15-,19+,21+,25+,29+,47?/m0/s1. The number of fused-ring (bicyclic) bond motifs is 2. The second kappa shape index (κ2) is 13.4. The average molecular weight is 786 g/mol. The lowest BCUT2D eigenvalue weighted by Crippen LogP contribution is -2.45. The maximum absolute atomic E-state index is 14.3. The van der Waals surface area contributed by atoms with Gasteiger partial charge < -0.3 is 34.7 Å². The Kier molecular flexibility index (Phi) is 9.99. The fourth-order valence-corrected chi connectivity index (χ4v) is 7.07. The minimum Gasteiger partial charge on any atom is -0.479 e. The Hall–Kier alpha value is -3.19. The van der Waals surface area contributed by atoms with Crippen LogP contribution in [0.25, 0.3) is 22.1 Å². The van der Waals surface area contributed by atoms with Crippen LogP contribution in [0.5, 0.6) is 11.6 Å². The Morgan fingerprint density at radius 2 is 2.02 bits per heavy atom. The molecule has 5 rings (SSSR count). The normalized spacial score (nSPS) is 23.5. The number of methoxy groups -OCH3 is 1. The third kappa shape index (κ3) is 7.61. The molecule has 5 N–H and O–H groups in total. The van der Waals surface area contributed by atoms with Gasteiger partial charge >= 0.3 is 13.7 Å². The molecule has 6 atom stereocenters. The molecule has 4 heterocycles. The van der Waals surface area contributed by atoms with Crippen LogP contribution in [0.2, 0.25) is 0 Å². The molecule has 0 aliphatic carbocycles. The van der Waals surface area contributed by atoms with Crippen molar-refractivity contribution in [2.45, 2.75) is 64.7 Å². The first kappa shape index (κ1) is 35.1. The Bertz CT molecular complexity index is 1830. The van der Waals surface area contributed by atoms with Crippen molar-refractivity contribution in [3.05, 3.63) is 40.4 Å². The molecule has 1 saturated heterocycles. The molecule has 0 amide bonds. The molecule has 3 aromatic heterocycles. The number of hydrogen-bond donors (Lipinski definition) is 4. The van der Waals surface area contributed by atoms with Gasteiger partial charge in [0.2, 0.25) is 11.8 Å². The number of aromatic nitrogens is 5. The van der Waals surface area contributed by atoms with Crippen LogP contribution in [0.3, 0.4) is 0 Å². The topological polar surface area (TPSA) is 215 Å². The molecule has 1 unspecified atom stereocenters. The fourth-order valence-electron chi connectivity index (χ4n) is 4.85. The summed E-state index contributed by atoms with van der Waals surface area (Å²) in [5, 5.41) is 26.1. The zero-order valence-corrected chi connectivity index (χ0v) is 29.6. The van der Waals surface area contributed by atoms with Crippen LogP contribution in [-0.4, -0.2) is 84.9 Å². The number of ether oxygens (including phenoxy) is 3. The van der Waals surface area contributed by atoms with E-state index in [-0.39, 0.29) is 40.8 Å². The number of halogens is 1. The smallest absolute Gasteiger partial charge is 0.459 e. The summed E-state index contributed by atoms with van der Waals surface area (Å²) in [5.74, 6) is -0.492. The van der Waals surface area contributed by atoms with Crippen LogP contribution in [0.1, 0.15) is 40.8 Å². The zero-order chi connectivity index (χ0) is 34.3. The van der Waals surface area contributed by atoms with Crippen molar-refractivity contribution >= 4 is 64.3 Å². The minimum atomic E-state index is -4.38. The number of nitrogens with one attached hydrogen (secondary N) is 1. The molecule has 0 radical (unpaired) electrons. The lowest BCUT2D eigenvalue weighted by molar-refractivity contribution is -0.148. The van der Waals surface area contributed by atoms with Crippen molar-refractivity contribution in [2.24, 2.45) is 5.41 Å². The van der Waals surface area contributed by atoms with E-state index in [1.54, 1.807) is 36.5 Å². The maximum atomic E-state index is 14.3. The quantitative estimate of drug-likeness (QED) is 0.0743. The molecule has 16 nitrogen and oxygen atoms in total. The van der Waals surface area contributed by atoms with E-state index in [4.69, 9.17) is 29.0 Å². The van der Waals surface area contributed by atoms with Gasteiger partial charge in [-0.05, 0) is 43.5 Å². The molecule has 1 fully saturated rings. The van der Waals surface area contributed by atoms with Crippen LogP contribution >= 0.6 is 30.3 Å². The van der Waals surface area contributed by atoms with E-state index in [1.807, 2.05) is 43.4 Å². The van der Waals surface area contributed by atoms with E-state index in [0.717, 1.165) is 0 Å². The van der Waals surface area contributed by atoms with Crippen LogP contribution in [0, 0.1) is 9.25 Å². The minimum absolute atomic E-state index is 0.103. The van der Waals surface area contributed by atoms with E-state index in [0.29, 0.717) is 14.7 Å². The van der Waals surface area contributed by atoms with E-state index in [1.165, 1.54) is 25.5 Å². The predicted molar refractivity (Wildman–Crippen MR) is 178 cm³/mol. The molecular weight excluding hydrogens is 748 g/mol. The molecule has 4 aromatic rings. The van der Waals surface area contributed by atoms with Gasteiger partial charge in [0.25, 0.3) is 0 Å². The lowest BCUT2D eigenvalue weighted by Gasteiger charge is -2.28. The number of nitrogen functional groups attached to an aromatic ring is 1. The van der Waals surface area contributed by atoms with E-state index in [2.05, 4.69) is 25.0 Å². The van der Waals surface area contributed by atoms with Crippen LogP contribution in [-0.2, 0) is 23.4 Å². The molecule has 1 aliphatic heterocycles. The fraction of sp³-hybridized carbons (Fsp3) is 0.483. The summed E-state index contributed by atoms with van der Waals surface area (Å²) in [5.41, 5.74) is 4.82. The highest BCUT2D eigenvalue weighted by Gasteiger charge is 2.55. The number of benzene rings is 1. The van der Waals surface area contributed by atoms with Crippen molar-refractivity contribution in [3.63, 3.8) is 0 Å². The number of carbonyl (C=O) groups excluding carboxylic acids is 1. The second-order valence-corrected chi connectivity index (χ2v) is 15.1. The SMILES string of the molecule is COc1nc(N)nc2c1nc(I)n2[C@@H]1O[C@H](COP(=O)(N[C@@H](C)C(=O)OCC(C)(C)C)Oc2ccc3ncccc3c2)[C@@H](O)[C@@]1(C)O. The Balaban J connectivity index is 1.40. The summed E-state index contributed by atoms with van der Waals surface area (Å²) >= 11 is 1.92. The summed E-state index contributed by atoms with van der Waals surface area (Å²) in [6, 6.07) is 7.31. The summed E-state index contributed by atoms with van der Waals surface area (Å²) in [6.07, 6.45) is -2.37. The van der Waals surface area contributed by atoms with Crippen LogP contribution < -0.4 is 20.1 Å². The number of esters is 1. The molecule has 254 valence electrons. The van der Waals surface area contributed by atoms with Gasteiger partial charge in [-0.15, -0.1) is 0 Å². The largest absolute Gasteiger partial charge is 0.479 e. The Labute approximate surface area is 284 Å². The zero-order valence-electron chi connectivity index (χ0n) is 26.6. The van der Waals surface area contributed by atoms with E-state index < -0.39 is 50.4 Å². The number of rotatable bonds is 11. The molecule has 1 aromatic carbocycles. The molecule has 47 heavy (non-hydrogen) atoms. The van der Waals surface area contributed by atoms with Crippen LogP contribution in [0.4, 0.5) is 5.95 Å². The van der Waals surface area contributed by atoms with E-state index >= 15 is 0 Å². The number of carbonyl (C=O) groups is 1. The number of nitrogens with zero attached hydrogens (tertiary/aromatic N) is 5. The first-order chi connectivity index (χ1) is 22.0. The number of aliphatic hydroxyl groups is 2. The van der Waals surface area contributed by atoms with Crippen molar-refractivity contribution in [1.29, 1.82) is 0 Å². The van der Waals surface area contributed by atoms with Crippen molar-refractivity contribution in [2.75, 3.05) is 26.1 Å². The Morgan fingerprint density at radius 3 is 2.72 bits per heavy atom. The van der Waals surface area contributed by atoms with Gasteiger partial charge in [0.1, 0.15) is 29.6 Å². The average Bonchev–Trinajstić information content (AvgIpc) is 3.44. The van der Waals surface area contributed by atoms with Gasteiger partial charge in [-0.3, -0.25) is 18.9 Å². The molecule has 0 saturated carbocycles. The highest BCUT2D eigenvalue weighted by Crippen LogP contribution is 2.48. The maximum Gasteiger partial charge on any atom is 0.459 e. The number of anilines is 1. The molecule has 0 bridgehead atoms. The summed E-state index contributed by atoms with van der Waals surface area (Å²) < 4.78 is 44.5. The number of aliphatic hydroxyl groups excluding tert-OH is 1. The summed E-state index contributed by atoms with van der Waals surface area (Å²) in [7, 11) is -2.97. The lowest BCUT2D eigenvalue weighted by atomic mass is 9.96. The van der Waals surface area contributed by atoms with Crippen molar-refractivity contribution in [1.82, 2.24) is 29.6 Å². The molecule has 0 spiro atoms. The summed E-state index contributed by atoms with van der Waals surface area (Å²) in [4.78, 5) is 29.8. The van der Waals surface area contributed by atoms with Gasteiger partial charge in [0, 0.05) is 34.2 Å². The van der Waals surface area contributed by atoms with Gasteiger partial charge in [0.15, 0.2) is 21.2 Å². The third-order valence-corrected chi connectivity index (χ3v) is 9.63. The molecule has 18 heteroatoms. The first-order valence-electron chi connectivity index (χ1n) is 14.6. The number of hydrogen-bond acceptors (Lipinski definition) is 14. The Morgan fingerprint density at radius 1 is 1.28 bits per heavy atom. The first-order valence-corrected chi connectivity index (χ1v) is 17.2. The van der Waals surface area contributed by atoms with Crippen molar-refractivity contribution in [3.8, 4) is 11.6 Å². The predicted octanol–water partition coefficient (Wildman–Crippen LogP) is 3.35. The van der Waals surface area contributed by atoms with Crippen LogP contribution in [0.15, 0.2) is 36.5 Å². The number of nitrogens with two attached hydrogens (primary N) is 1. The van der Waals surface area contributed by atoms with Gasteiger partial charge in [-0.2, -0.15) is 15.1 Å². The second-order valence-electron chi connectivity index (χ2n) is 12.5. The van der Waals surface area contributed by atoms with Gasteiger partial charge in [0.05, 0.1) is 25.8 Å². The highest BCUT2D eigenvalue weighted by atomic mass is 127. The van der Waals surface area contributed by atoms with E-state index in [9.17, 15) is 19.6 Å². The highest BCUT2D eigenvalue weighted by molar-refractivity contribution is 14.1.